The molecule has 3 aromatic rings. The molecule has 154 valence electrons. The molecule has 1 atom stereocenters. The number of piperazine rings is 1. The number of halogens is 2. The lowest BCUT2D eigenvalue weighted by atomic mass is 10.0. The summed E-state index contributed by atoms with van der Waals surface area (Å²) in [5.74, 6) is 0.0230. The number of benzene rings is 2. The first-order valence-electron chi connectivity index (χ1n) is 9.79. The van der Waals surface area contributed by atoms with E-state index in [1.54, 1.807) is 17.4 Å². The minimum atomic E-state index is -0.00489. The molecule has 0 aliphatic carbocycles. The summed E-state index contributed by atoms with van der Waals surface area (Å²) in [6.07, 6.45) is 3.54. The number of carbonyl (C=O) groups is 1. The van der Waals surface area contributed by atoms with Crippen molar-refractivity contribution in [2.45, 2.75) is 13.0 Å². The molecule has 4 rings (SSSR count). The van der Waals surface area contributed by atoms with Gasteiger partial charge in [-0.25, -0.2) is 0 Å². The third-order valence-electron chi connectivity index (χ3n) is 5.32. The van der Waals surface area contributed by atoms with Gasteiger partial charge in [0, 0.05) is 30.7 Å². The summed E-state index contributed by atoms with van der Waals surface area (Å²) >= 11 is 14.3. The number of amides is 1. The second kappa shape index (κ2) is 9.25. The molecule has 0 bridgehead atoms. The van der Waals surface area contributed by atoms with Gasteiger partial charge in [0.2, 0.25) is 5.91 Å². The van der Waals surface area contributed by atoms with Crippen molar-refractivity contribution >= 4 is 52.2 Å². The Morgan fingerprint density at radius 2 is 1.90 bits per heavy atom. The van der Waals surface area contributed by atoms with Crippen LogP contribution in [0.3, 0.4) is 0 Å². The summed E-state index contributed by atoms with van der Waals surface area (Å²) in [5.41, 5.74) is 4.27. The standard InChI is InChI=1S/C24H22Cl2N2OS/c1-17-2-8-22(21(26)14-17)28-12-11-27(24(29)9-3-18-10-13-30-16-18)15-23(28)19-4-6-20(25)7-5-19/h2-10,13-14,16,23H,11-12,15H2,1H3/b9-3+. The van der Waals surface area contributed by atoms with Gasteiger partial charge in [-0.05, 0) is 70.8 Å². The van der Waals surface area contributed by atoms with Gasteiger partial charge in [0.25, 0.3) is 0 Å². The van der Waals surface area contributed by atoms with Crippen LogP contribution < -0.4 is 4.90 Å². The number of thiophene rings is 1. The second-order valence-corrected chi connectivity index (χ2v) is 9.01. The van der Waals surface area contributed by atoms with Gasteiger partial charge >= 0.3 is 0 Å². The maximum atomic E-state index is 12.9. The van der Waals surface area contributed by atoms with Crippen LogP contribution in [0.15, 0.2) is 65.4 Å². The van der Waals surface area contributed by atoms with Gasteiger partial charge in [0.05, 0.1) is 16.8 Å². The minimum absolute atomic E-state index is 0.00489. The number of hydrogen-bond acceptors (Lipinski definition) is 3. The van der Waals surface area contributed by atoms with Gasteiger partial charge < -0.3 is 9.80 Å². The van der Waals surface area contributed by atoms with E-state index < -0.39 is 0 Å². The molecule has 1 saturated heterocycles. The monoisotopic (exact) mass is 456 g/mol. The van der Waals surface area contributed by atoms with Crippen LogP contribution in [-0.2, 0) is 4.79 Å². The lowest BCUT2D eigenvalue weighted by molar-refractivity contribution is -0.126. The van der Waals surface area contributed by atoms with Gasteiger partial charge in [-0.3, -0.25) is 4.79 Å². The van der Waals surface area contributed by atoms with Gasteiger partial charge in [-0.2, -0.15) is 11.3 Å². The van der Waals surface area contributed by atoms with E-state index in [-0.39, 0.29) is 11.9 Å². The highest BCUT2D eigenvalue weighted by atomic mass is 35.5. The Balaban J connectivity index is 1.61. The lowest BCUT2D eigenvalue weighted by Gasteiger charge is -2.43. The molecule has 1 unspecified atom stereocenters. The van der Waals surface area contributed by atoms with Crippen molar-refractivity contribution in [3.8, 4) is 0 Å². The van der Waals surface area contributed by atoms with Crippen LogP contribution in [0.1, 0.15) is 22.7 Å². The molecule has 1 aliphatic rings. The van der Waals surface area contributed by atoms with Crippen molar-refractivity contribution in [3.05, 3.63) is 92.1 Å². The molecule has 2 aromatic carbocycles. The Morgan fingerprint density at radius 3 is 2.60 bits per heavy atom. The molecule has 0 N–H and O–H groups in total. The van der Waals surface area contributed by atoms with Gasteiger partial charge in [-0.15, -0.1) is 0 Å². The third-order valence-corrected chi connectivity index (χ3v) is 6.58. The fraction of sp³-hybridized carbons (Fsp3) is 0.208. The van der Waals surface area contributed by atoms with Gasteiger partial charge in [-0.1, -0.05) is 41.4 Å². The van der Waals surface area contributed by atoms with Crippen LogP contribution >= 0.6 is 34.5 Å². The molecule has 1 fully saturated rings. The van der Waals surface area contributed by atoms with Gasteiger partial charge in [0.15, 0.2) is 0 Å². The Morgan fingerprint density at radius 1 is 1.10 bits per heavy atom. The average Bonchev–Trinajstić information content (AvgIpc) is 3.26. The normalized spacial score (nSPS) is 17.0. The van der Waals surface area contributed by atoms with Crippen molar-refractivity contribution in [1.82, 2.24) is 4.90 Å². The maximum absolute atomic E-state index is 12.9. The molecule has 0 saturated carbocycles. The van der Waals surface area contributed by atoms with E-state index in [0.717, 1.165) is 27.4 Å². The molecule has 1 aliphatic heterocycles. The number of rotatable bonds is 4. The van der Waals surface area contributed by atoms with Crippen LogP contribution in [0.2, 0.25) is 10.0 Å². The van der Waals surface area contributed by atoms with Crippen LogP contribution in [0, 0.1) is 6.92 Å². The molecular formula is C24H22Cl2N2OS. The van der Waals surface area contributed by atoms with Crippen molar-refractivity contribution < 1.29 is 4.79 Å². The molecule has 1 amide bonds. The van der Waals surface area contributed by atoms with Crippen LogP contribution in [0.4, 0.5) is 5.69 Å². The fourth-order valence-corrected chi connectivity index (χ4v) is 4.83. The van der Waals surface area contributed by atoms with E-state index in [9.17, 15) is 4.79 Å². The molecule has 2 heterocycles. The van der Waals surface area contributed by atoms with Gasteiger partial charge in [0.1, 0.15) is 0 Å². The first kappa shape index (κ1) is 21.0. The summed E-state index contributed by atoms with van der Waals surface area (Å²) in [7, 11) is 0. The lowest BCUT2D eigenvalue weighted by Crippen LogP contribution is -2.50. The summed E-state index contributed by atoms with van der Waals surface area (Å²) in [6, 6.07) is 15.9. The fourth-order valence-electron chi connectivity index (χ4n) is 3.73. The van der Waals surface area contributed by atoms with Crippen LogP contribution in [-0.4, -0.2) is 30.4 Å². The number of anilines is 1. The molecule has 0 radical (unpaired) electrons. The Labute approximate surface area is 191 Å². The first-order valence-corrected chi connectivity index (χ1v) is 11.5. The quantitative estimate of drug-likeness (QED) is 0.420. The summed E-state index contributed by atoms with van der Waals surface area (Å²) < 4.78 is 0. The summed E-state index contributed by atoms with van der Waals surface area (Å²) in [5, 5.41) is 5.45. The molecule has 1 aromatic heterocycles. The highest BCUT2D eigenvalue weighted by Gasteiger charge is 2.31. The molecular weight excluding hydrogens is 435 g/mol. The van der Waals surface area contributed by atoms with E-state index in [2.05, 4.69) is 17.0 Å². The summed E-state index contributed by atoms with van der Waals surface area (Å²) in [6.45, 7) is 3.95. The van der Waals surface area contributed by atoms with E-state index in [0.29, 0.717) is 24.7 Å². The van der Waals surface area contributed by atoms with E-state index in [1.807, 2.05) is 65.1 Å². The molecule has 30 heavy (non-hydrogen) atoms. The average molecular weight is 457 g/mol. The van der Waals surface area contributed by atoms with E-state index in [1.165, 1.54) is 0 Å². The predicted octanol–water partition coefficient (Wildman–Crippen LogP) is 6.47. The van der Waals surface area contributed by atoms with E-state index >= 15 is 0 Å². The molecule has 0 spiro atoms. The largest absolute Gasteiger partial charge is 0.360 e. The number of aryl methyl sites for hydroxylation is 1. The highest BCUT2D eigenvalue weighted by molar-refractivity contribution is 7.08. The maximum Gasteiger partial charge on any atom is 0.246 e. The zero-order valence-electron chi connectivity index (χ0n) is 16.6. The number of hydrogen-bond donors (Lipinski definition) is 0. The van der Waals surface area contributed by atoms with Crippen molar-refractivity contribution in [2.24, 2.45) is 0 Å². The third kappa shape index (κ3) is 4.72. The first-order chi connectivity index (χ1) is 14.5. The Hall–Kier alpha value is -2.27. The zero-order chi connectivity index (χ0) is 21.1. The topological polar surface area (TPSA) is 23.6 Å². The highest BCUT2D eigenvalue weighted by Crippen LogP contribution is 2.36. The van der Waals surface area contributed by atoms with Crippen molar-refractivity contribution in [1.29, 1.82) is 0 Å². The van der Waals surface area contributed by atoms with Crippen LogP contribution in [0.5, 0.6) is 0 Å². The molecule has 3 nitrogen and oxygen atoms in total. The van der Waals surface area contributed by atoms with Crippen LogP contribution in [0.25, 0.3) is 6.08 Å². The molecule has 6 heteroatoms. The van der Waals surface area contributed by atoms with Crippen molar-refractivity contribution in [2.75, 3.05) is 24.5 Å². The van der Waals surface area contributed by atoms with Crippen molar-refractivity contribution in [3.63, 3.8) is 0 Å². The Bertz CT molecular complexity index is 1050. The zero-order valence-corrected chi connectivity index (χ0v) is 18.9. The Kier molecular flexibility index (Phi) is 6.47. The SMILES string of the molecule is Cc1ccc(N2CCN(C(=O)/C=C/c3ccsc3)CC2c2ccc(Cl)cc2)c(Cl)c1. The number of nitrogens with zero attached hydrogens (tertiary/aromatic N) is 2. The number of carbonyl (C=O) groups excluding carboxylic acids is 1. The smallest absolute Gasteiger partial charge is 0.246 e. The second-order valence-electron chi connectivity index (χ2n) is 7.39. The predicted molar refractivity (Wildman–Crippen MR) is 128 cm³/mol. The summed E-state index contributed by atoms with van der Waals surface area (Å²) in [4.78, 5) is 17.0. The van der Waals surface area contributed by atoms with E-state index in [4.69, 9.17) is 23.2 Å². The minimum Gasteiger partial charge on any atom is -0.360 e.